The van der Waals surface area contributed by atoms with Crippen molar-refractivity contribution < 1.29 is 18.7 Å². The normalized spacial score (nSPS) is 10.7. The van der Waals surface area contributed by atoms with Crippen LogP contribution in [0.15, 0.2) is 6.07 Å². The molecule has 0 aromatic carbocycles. The van der Waals surface area contributed by atoms with Crippen molar-refractivity contribution in [1.82, 2.24) is 4.98 Å². The zero-order chi connectivity index (χ0) is 11.6. The third-order valence-electron chi connectivity index (χ3n) is 1.62. The topological polar surface area (TPSA) is 76.2 Å². The summed E-state index contributed by atoms with van der Waals surface area (Å²) in [4.78, 5) is 13.8. The van der Waals surface area contributed by atoms with Crippen molar-refractivity contribution in [3.8, 4) is 0 Å². The maximum absolute atomic E-state index is 12.3. The highest BCUT2D eigenvalue weighted by Gasteiger charge is 2.16. The number of nitrogens with zero attached hydrogens (tertiary/aromatic N) is 1. The second-order valence-corrected chi connectivity index (χ2v) is 3.15. The molecule has 0 aliphatic heterocycles. The highest BCUT2D eigenvalue weighted by molar-refractivity contribution is 6.33. The van der Waals surface area contributed by atoms with Gasteiger partial charge in [-0.2, -0.15) is 0 Å². The van der Waals surface area contributed by atoms with Crippen molar-refractivity contribution in [3.05, 3.63) is 22.5 Å². The van der Waals surface area contributed by atoms with Gasteiger partial charge in [0, 0.05) is 0 Å². The minimum Gasteiger partial charge on any atom is -0.481 e. The van der Waals surface area contributed by atoms with Crippen LogP contribution in [0, 0.1) is 0 Å². The van der Waals surface area contributed by atoms with Crippen LogP contribution < -0.4 is 5.73 Å². The van der Waals surface area contributed by atoms with Crippen molar-refractivity contribution >= 4 is 23.3 Å². The Kier molecular flexibility index (Phi) is 3.41. The number of halogens is 3. The fourth-order valence-corrected chi connectivity index (χ4v) is 1.16. The molecule has 3 N–H and O–H groups in total. The van der Waals surface area contributed by atoms with Gasteiger partial charge in [0.2, 0.25) is 0 Å². The summed E-state index contributed by atoms with van der Waals surface area (Å²) in [5, 5.41) is 8.39. The van der Waals surface area contributed by atoms with E-state index in [1.54, 1.807) is 0 Å². The van der Waals surface area contributed by atoms with Gasteiger partial charge in [0.15, 0.2) is 0 Å². The summed E-state index contributed by atoms with van der Waals surface area (Å²) in [6.07, 6.45) is -3.35. The van der Waals surface area contributed by atoms with Gasteiger partial charge in [-0.15, -0.1) is 0 Å². The SMILES string of the molecule is Nc1cc(C(F)F)nc(CC(=O)O)c1Cl. The number of carboxylic acid groups (broad SMARTS) is 1. The van der Waals surface area contributed by atoms with Crippen LogP contribution in [0.25, 0.3) is 0 Å². The molecular weight excluding hydrogens is 230 g/mol. The summed E-state index contributed by atoms with van der Waals surface area (Å²) in [7, 11) is 0. The number of carboxylic acids is 1. The summed E-state index contributed by atoms with van der Waals surface area (Å²) >= 11 is 5.62. The molecule has 1 aromatic rings. The standard InChI is InChI=1S/C8H7ClF2N2O2/c9-7-3(12)1-5(8(10)11)13-4(7)2-6(14)15/h1,8H,2H2,(H2,12,13)(H,14,15). The van der Waals surface area contributed by atoms with E-state index in [1.807, 2.05) is 0 Å². The first-order valence-electron chi connectivity index (χ1n) is 3.86. The number of carbonyl (C=O) groups is 1. The summed E-state index contributed by atoms with van der Waals surface area (Å²) in [6, 6.07) is 0.929. The van der Waals surface area contributed by atoms with Crippen molar-refractivity contribution in [2.75, 3.05) is 5.73 Å². The quantitative estimate of drug-likeness (QED) is 0.840. The first-order valence-corrected chi connectivity index (χ1v) is 4.24. The number of aliphatic carboxylic acids is 1. The minimum absolute atomic E-state index is 0.0956. The molecule has 1 heterocycles. The molecule has 0 atom stereocenters. The molecule has 0 aliphatic rings. The number of nitrogen functional groups attached to an aromatic ring is 1. The molecule has 0 unspecified atom stereocenters. The lowest BCUT2D eigenvalue weighted by atomic mass is 10.2. The van der Waals surface area contributed by atoms with Gasteiger partial charge in [0.25, 0.3) is 6.43 Å². The highest BCUT2D eigenvalue weighted by Crippen LogP contribution is 2.27. The van der Waals surface area contributed by atoms with E-state index in [-0.39, 0.29) is 16.4 Å². The molecule has 7 heteroatoms. The van der Waals surface area contributed by atoms with Crippen LogP contribution in [-0.2, 0) is 11.2 Å². The second kappa shape index (κ2) is 4.39. The Morgan fingerprint density at radius 1 is 1.67 bits per heavy atom. The number of hydrogen-bond acceptors (Lipinski definition) is 3. The van der Waals surface area contributed by atoms with Crippen molar-refractivity contribution in [1.29, 1.82) is 0 Å². The molecule has 0 aliphatic carbocycles. The number of pyridine rings is 1. The van der Waals surface area contributed by atoms with E-state index in [2.05, 4.69) is 4.98 Å². The largest absolute Gasteiger partial charge is 0.481 e. The summed E-state index contributed by atoms with van der Waals surface area (Å²) in [6.45, 7) is 0. The fraction of sp³-hybridized carbons (Fsp3) is 0.250. The van der Waals surface area contributed by atoms with E-state index >= 15 is 0 Å². The lowest BCUT2D eigenvalue weighted by molar-refractivity contribution is -0.136. The molecular formula is C8H7ClF2N2O2. The zero-order valence-electron chi connectivity index (χ0n) is 7.38. The van der Waals surface area contributed by atoms with Crippen molar-refractivity contribution in [2.45, 2.75) is 12.8 Å². The first-order chi connectivity index (χ1) is 6.91. The Labute approximate surface area is 88.7 Å². The van der Waals surface area contributed by atoms with Crippen LogP contribution in [-0.4, -0.2) is 16.1 Å². The monoisotopic (exact) mass is 236 g/mol. The van der Waals surface area contributed by atoms with Gasteiger partial charge >= 0.3 is 5.97 Å². The molecule has 1 rings (SSSR count). The smallest absolute Gasteiger partial charge is 0.309 e. The average molecular weight is 237 g/mol. The predicted octanol–water partition coefficient (Wildman–Crippen LogP) is 1.88. The third kappa shape index (κ3) is 2.76. The van der Waals surface area contributed by atoms with Gasteiger partial charge in [0.05, 0.1) is 22.8 Å². The van der Waals surface area contributed by atoms with Crippen LogP contribution in [0.3, 0.4) is 0 Å². The van der Waals surface area contributed by atoms with E-state index < -0.39 is 24.5 Å². The Balaban J connectivity index is 3.18. The minimum atomic E-state index is -2.81. The van der Waals surface area contributed by atoms with Crippen molar-refractivity contribution in [2.24, 2.45) is 0 Å². The Hall–Kier alpha value is -1.43. The number of rotatable bonds is 3. The zero-order valence-corrected chi connectivity index (χ0v) is 8.13. The summed E-state index contributed by atoms with van der Waals surface area (Å²) in [5.41, 5.74) is 4.51. The second-order valence-electron chi connectivity index (χ2n) is 2.77. The van der Waals surface area contributed by atoms with Gasteiger partial charge in [-0.25, -0.2) is 13.8 Å². The average Bonchev–Trinajstić information content (AvgIpc) is 2.11. The molecule has 82 valence electrons. The predicted molar refractivity (Wildman–Crippen MR) is 50.0 cm³/mol. The van der Waals surface area contributed by atoms with Gasteiger partial charge in [-0.3, -0.25) is 4.79 Å². The van der Waals surface area contributed by atoms with Gasteiger partial charge in [0.1, 0.15) is 5.69 Å². The van der Waals surface area contributed by atoms with Gasteiger partial charge < -0.3 is 10.8 Å². The summed E-state index contributed by atoms with van der Waals surface area (Å²) < 4.78 is 24.6. The van der Waals surface area contributed by atoms with Gasteiger partial charge in [-0.1, -0.05) is 11.6 Å². The Bertz CT molecular complexity index is 398. The summed E-state index contributed by atoms with van der Waals surface area (Å²) in [5.74, 6) is -1.21. The van der Waals surface area contributed by atoms with E-state index in [0.717, 1.165) is 6.07 Å². The molecule has 0 amide bonds. The highest BCUT2D eigenvalue weighted by atomic mass is 35.5. The lowest BCUT2D eigenvalue weighted by Crippen LogP contribution is -2.07. The Morgan fingerprint density at radius 3 is 2.73 bits per heavy atom. The first kappa shape index (κ1) is 11.6. The molecule has 0 spiro atoms. The molecule has 4 nitrogen and oxygen atoms in total. The van der Waals surface area contributed by atoms with Crippen LogP contribution >= 0.6 is 11.6 Å². The van der Waals surface area contributed by atoms with Gasteiger partial charge in [-0.05, 0) is 6.07 Å². The number of hydrogen-bond donors (Lipinski definition) is 2. The molecule has 0 bridgehead atoms. The van der Waals surface area contributed by atoms with Crippen molar-refractivity contribution in [3.63, 3.8) is 0 Å². The molecule has 0 fully saturated rings. The van der Waals surface area contributed by atoms with E-state index in [1.165, 1.54) is 0 Å². The number of nitrogens with two attached hydrogens (primary N) is 1. The molecule has 0 saturated carbocycles. The van der Waals surface area contributed by atoms with E-state index in [0.29, 0.717) is 0 Å². The molecule has 0 radical (unpaired) electrons. The van der Waals surface area contributed by atoms with Crippen LogP contribution in [0.1, 0.15) is 17.8 Å². The van der Waals surface area contributed by atoms with Crippen LogP contribution in [0.4, 0.5) is 14.5 Å². The fourth-order valence-electron chi connectivity index (χ4n) is 0.999. The molecule has 1 aromatic heterocycles. The number of aromatic nitrogens is 1. The van der Waals surface area contributed by atoms with Crippen LogP contribution in [0.2, 0.25) is 5.02 Å². The number of anilines is 1. The lowest BCUT2D eigenvalue weighted by Gasteiger charge is -2.07. The maximum Gasteiger partial charge on any atom is 0.309 e. The maximum atomic E-state index is 12.3. The number of alkyl halides is 2. The Morgan fingerprint density at radius 2 is 2.27 bits per heavy atom. The van der Waals surface area contributed by atoms with E-state index in [9.17, 15) is 13.6 Å². The van der Waals surface area contributed by atoms with Crippen LogP contribution in [0.5, 0.6) is 0 Å². The molecule has 0 saturated heterocycles. The van der Waals surface area contributed by atoms with E-state index in [4.69, 9.17) is 22.4 Å². The molecule has 15 heavy (non-hydrogen) atoms. The third-order valence-corrected chi connectivity index (χ3v) is 2.05.